The molecule has 7 nitrogen and oxygen atoms in total. The predicted molar refractivity (Wildman–Crippen MR) is 107 cm³/mol. The second-order valence-corrected chi connectivity index (χ2v) is 8.01. The summed E-state index contributed by atoms with van der Waals surface area (Å²) in [4.78, 5) is 30.3. The highest BCUT2D eigenvalue weighted by molar-refractivity contribution is 5.85. The molecule has 7 heteroatoms. The fourth-order valence-corrected chi connectivity index (χ4v) is 3.03. The summed E-state index contributed by atoms with van der Waals surface area (Å²) in [6.07, 6.45) is 0. The van der Waals surface area contributed by atoms with Crippen LogP contribution in [-0.4, -0.2) is 80.6 Å². The summed E-state index contributed by atoms with van der Waals surface area (Å²) >= 11 is 0. The Morgan fingerprint density at radius 2 is 1.70 bits per heavy atom. The third-order valence-corrected chi connectivity index (χ3v) is 4.49. The number of carbonyl (C=O) groups excluding carboxylic acids is 2. The summed E-state index contributed by atoms with van der Waals surface area (Å²) in [6.45, 7) is 9.58. The number of piperazine rings is 1. The molecule has 1 aliphatic heterocycles. The molecule has 1 fully saturated rings. The van der Waals surface area contributed by atoms with Crippen molar-refractivity contribution >= 4 is 17.5 Å². The van der Waals surface area contributed by atoms with Crippen molar-refractivity contribution in [1.82, 2.24) is 15.1 Å². The van der Waals surface area contributed by atoms with Crippen LogP contribution < -0.4 is 15.0 Å². The van der Waals surface area contributed by atoms with E-state index < -0.39 is 0 Å². The van der Waals surface area contributed by atoms with Gasteiger partial charge in [-0.3, -0.25) is 14.5 Å². The summed E-state index contributed by atoms with van der Waals surface area (Å²) < 4.78 is 5.20. The SMILES string of the molecule is COc1ccc(N2CCN(CC(=O)N(C)CC(=O)NC(C)(C)C)CC2)cc1. The van der Waals surface area contributed by atoms with Crippen molar-refractivity contribution in [1.29, 1.82) is 0 Å². The monoisotopic (exact) mass is 376 g/mol. The van der Waals surface area contributed by atoms with Crippen molar-refractivity contribution in [2.75, 3.05) is 58.3 Å². The normalized spacial score (nSPS) is 15.4. The molecule has 1 saturated heterocycles. The van der Waals surface area contributed by atoms with E-state index >= 15 is 0 Å². The number of likely N-dealkylation sites (N-methyl/N-ethyl adjacent to an activating group) is 1. The van der Waals surface area contributed by atoms with Gasteiger partial charge in [-0.2, -0.15) is 0 Å². The Morgan fingerprint density at radius 1 is 1.11 bits per heavy atom. The Labute approximate surface area is 162 Å². The van der Waals surface area contributed by atoms with Gasteiger partial charge >= 0.3 is 0 Å². The lowest BCUT2D eigenvalue weighted by molar-refractivity contribution is -0.136. The van der Waals surface area contributed by atoms with Crippen molar-refractivity contribution in [3.05, 3.63) is 24.3 Å². The van der Waals surface area contributed by atoms with Gasteiger partial charge in [-0.15, -0.1) is 0 Å². The lowest BCUT2D eigenvalue weighted by Gasteiger charge is -2.36. The van der Waals surface area contributed by atoms with Gasteiger partial charge in [0.15, 0.2) is 0 Å². The zero-order valence-corrected chi connectivity index (χ0v) is 17.1. The average Bonchev–Trinajstić information content (AvgIpc) is 2.60. The van der Waals surface area contributed by atoms with Gasteiger partial charge in [-0.25, -0.2) is 0 Å². The third kappa shape index (κ3) is 6.75. The fraction of sp³-hybridized carbons (Fsp3) is 0.600. The Hall–Kier alpha value is -2.28. The van der Waals surface area contributed by atoms with Gasteiger partial charge < -0.3 is 19.9 Å². The van der Waals surface area contributed by atoms with Crippen LogP contribution in [0.25, 0.3) is 0 Å². The van der Waals surface area contributed by atoms with Gasteiger partial charge in [0.1, 0.15) is 5.75 Å². The topological polar surface area (TPSA) is 65.1 Å². The number of hydrogen-bond acceptors (Lipinski definition) is 5. The summed E-state index contributed by atoms with van der Waals surface area (Å²) in [5, 5.41) is 2.88. The molecular formula is C20H32N4O3. The number of carbonyl (C=O) groups is 2. The van der Waals surface area contributed by atoms with E-state index in [9.17, 15) is 9.59 Å². The fourth-order valence-electron chi connectivity index (χ4n) is 3.03. The highest BCUT2D eigenvalue weighted by atomic mass is 16.5. The molecule has 1 aliphatic rings. The van der Waals surface area contributed by atoms with Crippen LogP contribution in [0.15, 0.2) is 24.3 Å². The summed E-state index contributed by atoms with van der Waals surface area (Å²) in [7, 11) is 3.34. The molecule has 1 heterocycles. The molecule has 1 aromatic carbocycles. The Kier molecular flexibility index (Phi) is 7.07. The molecule has 0 radical (unpaired) electrons. The van der Waals surface area contributed by atoms with Gasteiger partial charge in [-0.05, 0) is 45.0 Å². The van der Waals surface area contributed by atoms with Crippen LogP contribution in [0.3, 0.4) is 0 Å². The standard InChI is InChI=1S/C20H32N4O3/c1-20(2,3)21-18(25)14-22(4)19(26)15-23-10-12-24(13-11-23)16-6-8-17(27-5)9-7-16/h6-9H,10-15H2,1-5H3,(H,21,25). The average molecular weight is 377 g/mol. The van der Waals surface area contributed by atoms with Gasteiger partial charge in [0.2, 0.25) is 11.8 Å². The van der Waals surface area contributed by atoms with Crippen LogP contribution in [0.4, 0.5) is 5.69 Å². The van der Waals surface area contributed by atoms with E-state index in [1.807, 2.05) is 32.9 Å². The van der Waals surface area contributed by atoms with E-state index in [0.29, 0.717) is 6.54 Å². The molecule has 0 aliphatic carbocycles. The van der Waals surface area contributed by atoms with Crippen LogP contribution >= 0.6 is 0 Å². The maximum atomic E-state index is 12.4. The molecule has 0 saturated carbocycles. The number of nitrogens with zero attached hydrogens (tertiary/aromatic N) is 3. The number of rotatable bonds is 6. The van der Waals surface area contributed by atoms with Crippen LogP contribution in [0.2, 0.25) is 0 Å². The van der Waals surface area contributed by atoms with Crippen molar-refractivity contribution in [3.63, 3.8) is 0 Å². The van der Waals surface area contributed by atoms with Crippen LogP contribution in [0, 0.1) is 0 Å². The molecule has 1 aromatic rings. The van der Waals surface area contributed by atoms with E-state index in [4.69, 9.17) is 4.74 Å². The Balaban J connectivity index is 1.77. The Morgan fingerprint density at radius 3 is 2.22 bits per heavy atom. The number of anilines is 1. The number of hydrogen-bond donors (Lipinski definition) is 1. The zero-order chi connectivity index (χ0) is 20.0. The molecule has 0 spiro atoms. The molecule has 150 valence electrons. The Bertz CT molecular complexity index is 632. The zero-order valence-electron chi connectivity index (χ0n) is 17.1. The minimum atomic E-state index is -0.293. The molecule has 2 rings (SSSR count). The highest BCUT2D eigenvalue weighted by Gasteiger charge is 2.22. The summed E-state index contributed by atoms with van der Waals surface area (Å²) in [6, 6.07) is 8.04. The molecule has 27 heavy (non-hydrogen) atoms. The van der Waals surface area contributed by atoms with Crippen molar-refractivity contribution in [2.24, 2.45) is 0 Å². The highest BCUT2D eigenvalue weighted by Crippen LogP contribution is 2.20. The number of nitrogens with one attached hydrogen (secondary N) is 1. The number of ether oxygens (including phenoxy) is 1. The molecule has 2 amide bonds. The molecule has 0 unspecified atom stereocenters. The van der Waals surface area contributed by atoms with E-state index in [2.05, 4.69) is 27.2 Å². The molecule has 0 bridgehead atoms. The number of methoxy groups -OCH3 is 1. The minimum Gasteiger partial charge on any atom is -0.497 e. The second-order valence-electron chi connectivity index (χ2n) is 8.01. The van der Waals surface area contributed by atoms with Crippen molar-refractivity contribution in [2.45, 2.75) is 26.3 Å². The van der Waals surface area contributed by atoms with E-state index in [-0.39, 0.29) is 23.9 Å². The van der Waals surface area contributed by atoms with Crippen LogP contribution in [-0.2, 0) is 9.59 Å². The van der Waals surface area contributed by atoms with Gasteiger partial charge in [-0.1, -0.05) is 0 Å². The first-order valence-electron chi connectivity index (χ1n) is 9.34. The molecule has 0 aromatic heterocycles. The maximum absolute atomic E-state index is 12.4. The largest absolute Gasteiger partial charge is 0.497 e. The lowest BCUT2D eigenvalue weighted by Crippen LogP contribution is -2.51. The lowest BCUT2D eigenvalue weighted by atomic mass is 10.1. The molecular weight excluding hydrogens is 344 g/mol. The quantitative estimate of drug-likeness (QED) is 0.808. The first kappa shape index (κ1) is 21.0. The molecule has 0 atom stereocenters. The van der Waals surface area contributed by atoms with Crippen LogP contribution in [0.1, 0.15) is 20.8 Å². The summed E-state index contributed by atoms with van der Waals surface area (Å²) in [5.74, 6) is 0.682. The summed E-state index contributed by atoms with van der Waals surface area (Å²) in [5.41, 5.74) is 0.872. The second kappa shape index (κ2) is 9.08. The van der Waals surface area contributed by atoms with Gasteiger partial charge in [0, 0.05) is 44.5 Å². The molecule has 1 N–H and O–H groups in total. The van der Waals surface area contributed by atoms with Crippen molar-refractivity contribution in [3.8, 4) is 5.75 Å². The smallest absolute Gasteiger partial charge is 0.240 e. The van der Waals surface area contributed by atoms with Crippen LogP contribution in [0.5, 0.6) is 5.75 Å². The van der Waals surface area contributed by atoms with E-state index in [0.717, 1.165) is 37.6 Å². The number of amides is 2. The third-order valence-electron chi connectivity index (χ3n) is 4.49. The van der Waals surface area contributed by atoms with Crippen molar-refractivity contribution < 1.29 is 14.3 Å². The minimum absolute atomic E-state index is 0.0306. The van der Waals surface area contributed by atoms with Gasteiger partial charge in [0.25, 0.3) is 0 Å². The number of benzene rings is 1. The maximum Gasteiger partial charge on any atom is 0.240 e. The first-order valence-corrected chi connectivity index (χ1v) is 9.34. The predicted octanol–water partition coefficient (Wildman–Crippen LogP) is 1.19. The first-order chi connectivity index (χ1) is 12.7. The van der Waals surface area contributed by atoms with Gasteiger partial charge in [0.05, 0.1) is 20.2 Å². The van der Waals surface area contributed by atoms with E-state index in [1.165, 1.54) is 4.90 Å². The van der Waals surface area contributed by atoms with E-state index in [1.54, 1.807) is 14.2 Å².